The lowest BCUT2D eigenvalue weighted by Crippen LogP contribution is -2.35. The van der Waals surface area contributed by atoms with E-state index < -0.39 is 5.97 Å². The van der Waals surface area contributed by atoms with E-state index in [4.69, 9.17) is 9.84 Å². The van der Waals surface area contributed by atoms with Crippen LogP contribution in [0.15, 0.2) is 60.7 Å². The lowest BCUT2D eigenvalue weighted by Gasteiger charge is -2.35. The number of carbonyl (C=O) groups excluding carboxylic acids is 1. The molecule has 0 heterocycles. The average Bonchev–Trinajstić information content (AvgIpc) is 2.66. The Morgan fingerprint density at radius 2 is 1.38 bits per heavy atom. The van der Waals surface area contributed by atoms with Crippen molar-refractivity contribution >= 4 is 11.9 Å². The summed E-state index contributed by atoms with van der Waals surface area (Å²) >= 11 is 0. The van der Waals surface area contributed by atoms with Crippen molar-refractivity contribution in [1.82, 2.24) is 0 Å². The molecule has 0 bridgehead atoms. The van der Waals surface area contributed by atoms with E-state index in [2.05, 4.69) is 13.8 Å². The number of hydrogen-bond donors (Lipinski definition) is 1. The molecule has 0 amide bonds. The van der Waals surface area contributed by atoms with Crippen molar-refractivity contribution in [3.8, 4) is 0 Å². The summed E-state index contributed by atoms with van der Waals surface area (Å²) in [6.07, 6.45) is 4.26. The summed E-state index contributed by atoms with van der Waals surface area (Å²) in [5, 5.41) is 8.38. The maximum absolute atomic E-state index is 12.0. The van der Waals surface area contributed by atoms with Crippen LogP contribution in [0.5, 0.6) is 0 Å². The summed E-state index contributed by atoms with van der Waals surface area (Å²) in [5.74, 6) is -0.309. The third-order valence-corrected chi connectivity index (χ3v) is 4.70. The molecule has 0 aliphatic heterocycles. The van der Waals surface area contributed by atoms with Gasteiger partial charge in [-0.2, -0.15) is 0 Å². The van der Waals surface area contributed by atoms with Gasteiger partial charge in [0.15, 0.2) is 0 Å². The second kappa shape index (κ2) is 9.18. The third kappa shape index (κ3) is 6.03. The zero-order chi connectivity index (χ0) is 19.0. The van der Waals surface area contributed by atoms with Crippen LogP contribution >= 0.6 is 0 Å². The molecule has 0 spiro atoms. The lowest BCUT2D eigenvalue weighted by molar-refractivity contribution is -0.0329. The number of carboxylic acids is 1. The minimum absolute atomic E-state index is 0.192. The molecule has 4 nitrogen and oxygen atoms in total. The van der Waals surface area contributed by atoms with Gasteiger partial charge in [-0.3, -0.25) is 0 Å². The number of ether oxygens (including phenoxy) is 1. The van der Waals surface area contributed by atoms with Crippen LogP contribution in [0.3, 0.4) is 0 Å². The van der Waals surface area contributed by atoms with Gasteiger partial charge in [-0.25, -0.2) is 9.59 Å². The topological polar surface area (TPSA) is 63.6 Å². The molecule has 3 rings (SSSR count). The summed E-state index contributed by atoms with van der Waals surface area (Å²) in [4.78, 5) is 22.2. The quantitative estimate of drug-likeness (QED) is 0.770. The van der Waals surface area contributed by atoms with Gasteiger partial charge in [0.05, 0.1) is 11.1 Å². The van der Waals surface area contributed by atoms with Crippen molar-refractivity contribution in [3.05, 3.63) is 71.8 Å². The first-order valence-corrected chi connectivity index (χ1v) is 8.96. The Labute approximate surface area is 154 Å². The minimum atomic E-state index is -0.879. The number of benzene rings is 2. The van der Waals surface area contributed by atoms with Crippen molar-refractivity contribution in [1.29, 1.82) is 0 Å². The summed E-state index contributed by atoms with van der Waals surface area (Å²) in [5.41, 5.74) is 0.712. The summed E-state index contributed by atoms with van der Waals surface area (Å²) in [6.45, 7) is 4.32. The van der Waals surface area contributed by atoms with Crippen LogP contribution < -0.4 is 0 Å². The van der Waals surface area contributed by atoms with Crippen LogP contribution in [0.25, 0.3) is 0 Å². The van der Waals surface area contributed by atoms with Gasteiger partial charge in [0, 0.05) is 0 Å². The molecule has 1 saturated carbocycles. The molecule has 2 aromatic carbocycles. The number of carboxylic acid groups (broad SMARTS) is 1. The van der Waals surface area contributed by atoms with Gasteiger partial charge in [0.1, 0.15) is 5.60 Å². The summed E-state index contributed by atoms with van der Waals surface area (Å²) in [6, 6.07) is 17.5. The highest BCUT2D eigenvalue weighted by atomic mass is 16.6. The van der Waals surface area contributed by atoms with Crippen LogP contribution in [0.1, 0.15) is 60.2 Å². The van der Waals surface area contributed by atoms with Crippen molar-refractivity contribution in [2.45, 2.75) is 45.1 Å². The van der Waals surface area contributed by atoms with Gasteiger partial charge in [0.25, 0.3) is 0 Å². The fourth-order valence-electron chi connectivity index (χ4n) is 2.91. The predicted molar refractivity (Wildman–Crippen MR) is 101 cm³/mol. The van der Waals surface area contributed by atoms with E-state index >= 15 is 0 Å². The Kier molecular flexibility index (Phi) is 6.96. The highest BCUT2D eigenvalue weighted by Gasteiger charge is 2.33. The molecule has 0 saturated heterocycles. The first kappa shape index (κ1) is 19.7. The molecule has 0 unspecified atom stereocenters. The van der Waals surface area contributed by atoms with Crippen molar-refractivity contribution in [3.63, 3.8) is 0 Å². The standard InChI is InChI=1S/C15H20O2.C7H6O2/c1-12-8-10-15(2,11-9-12)17-14(16)13-6-4-3-5-7-13;8-7(9)6-4-2-1-3-5-6/h3-7,12H,8-11H2,1-2H3;1-5H,(H,8,9). The fourth-order valence-corrected chi connectivity index (χ4v) is 2.91. The van der Waals surface area contributed by atoms with Gasteiger partial charge >= 0.3 is 11.9 Å². The molecule has 1 N–H and O–H groups in total. The predicted octanol–water partition coefficient (Wildman–Crippen LogP) is 5.20. The smallest absolute Gasteiger partial charge is 0.338 e. The van der Waals surface area contributed by atoms with E-state index in [1.165, 1.54) is 0 Å². The second-order valence-corrected chi connectivity index (χ2v) is 7.06. The summed E-state index contributed by atoms with van der Waals surface area (Å²) in [7, 11) is 0. The molecule has 2 aromatic rings. The number of hydrogen-bond acceptors (Lipinski definition) is 3. The van der Waals surface area contributed by atoms with Crippen LogP contribution in [0, 0.1) is 5.92 Å². The van der Waals surface area contributed by atoms with Crippen LogP contribution in [0.2, 0.25) is 0 Å². The number of rotatable bonds is 3. The maximum Gasteiger partial charge on any atom is 0.338 e. The van der Waals surface area contributed by atoms with E-state index in [1.54, 1.807) is 42.5 Å². The molecule has 1 aliphatic carbocycles. The van der Waals surface area contributed by atoms with Crippen molar-refractivity contribution < 1.29 is 19.4 Å². The molecule has 4 heteroatoms. The Bertz CT molecular complexity index is 701. The van der Waals surface area contributed by atoms with Gasteiger partial charge in [-0.15, -0.1) is 0 Å². The van der Waals surface area contributed by atoms with Crippen LogP contribution in [0.4, 0.5) is 0 Å². The van der Waals surface area contributed by atoms with E-state index in [9.17, 15) is 9.59 Å². The monoisotopic (exact) mass is 354 g/mol. The maximum atomic E-state index is 12.0. The van der Waals surface area contributed by atoms with Gasteiger partial charge in [0.2, 0.25) is 0 Å². The molecule has 138 valence electrons. The number of carbonyl (C=O) groups is 2. The van der Waals surface area contributed by atoms with Crippen LogP contribution in [-0.4, -0.2) is 22.6 Å². The van der Waals surface area contributed by atoms with Gasteiger partial charge in [-0.05, 0) is 62.8 Å². The van der Waals surface area contributed by atoms with E-state index in [0.29, 0.717) is 11.1 Å². The molecule has 1 fully saturated rings. The minimum Gasteiger partial charge on any atom is -0.478 e. The molecule has 26 heavy (non-hydrogen) atoms. The fraction of sp³-hybridized carbons (Fsp3) is 0.364. The van der Waals surface area contributed by atoms with E-state index in [0.717, 1.165) is 31.6 Å². The van der Waals surface area contributed by atoms with Gasteiger partial charge < -0.3 is 9.84 Å². The largest absolute Gasteiger partial charge is 0.478 e. The summed E-state index contributed by atoms with van der Waals surface area (Å²) < 4.78 is 5.67. The molecule has 1 aliphatic rings. The van der Waals surface area contributed by atoms with Crippen LogP contribution in [-0.2, 0) is 4.74 Å². The molecular weight excluding hydrogens is 328 g/mol. The Morgan fingerprint density at radius 3 is 1.81 bits per heavy atom. The Balaban J connectivity index is 0.000000228. The third-order valence-electron chi connectivity index (χ3n) is 4.70. The molecular formula is C22H26O4. The van der Waals surface area contributed by atoms with E-state index in [-0.39, 0.29) is 11.6 Å². The number of esters is 1. The van der Waals surface area contributed by atoms with E-state index in [1.807, 2.05) is 18.2 Å². The zero-order valence-electron chi connectivity index (χ0n) is 15.4. The first-order chi connectivity index (χ1) is 12.4. The van der Waals surface area contributed by atoms with Crippen molar-refractivity contribution in [2.24, 2.45) is 5.92 Å². The lowest BCUT2D eigenvalue weighted by atomic mass is 9.80. The first-order valence-electron chi connectivity index (χ1n) is 8.96. The Morgan fingerprint density at radius 1 is 0.923 bits per heavy atom. The second-order valence-electron chi connectivity index (χ2n) is 7.06. The SMILES string of the molecule is CC1CCC(C)(OC(=O)c2ccccc2)CC1.O=C(O)c1ccccc1. The Hall–Kier alpha value is -2.62. The zero-order valence-corrected chi connectivity index (χ0v) is 15.4. The average molecular weight is 354 g/mol. The molecule has 0 atom stereocenters. The normalized spacial score (nSPS) is 21.8. The van der Waals surface area contributed by atoms with Crippen molar-refractivity contribution in [2.75, 3.05) is 0 Å². The highest BCUT2D eigenvalue weighted by molar-refractivity contribution is 5.89. The van der Waals surface area contributed by atoms with Gasteiger partial charge in [-0.1, -0.05) is 43.3 Å². The molecule has 0 radical (unpaired) electrons. The highest BCUT2D eigenvalue weighted by Crippen LogP contribution is 2.34. The molecule has 0 aromatic heterocycles. The number of aromatic carboxylic acids is 1.